The second-order valence-electron chi connectivity index (χ2n) is 3.38. The van der Waals surface area contributed by atoms with E-state index in [0.29, 0.717) is 18.8 Å². The second kappa shape index (κ2) is 7.57. The summed E-state index contributed by atoms with van der Waals surface area (Å²) in [6.45, 7) is 2.30. The lowest BCUT2D eigenvalue weighted by atomic mass is 10.2. The number of carboxylic acids is 1. The molecule has 0 unspecified atom stereocenters. The zero-order chi connectivity index (χ0) is 13.4. The molecule has 0 saturated heterocycles. The third-order valence-electron chi connectivity index (χ3n) is 2.05. The van der Waals surface area contributed by atoms with Crippen LogP contribution in [0.3, 0.4) is 0 Å². The van der Waals surface area contributed by atoms with Gasteiger partial charge in [-0.3, -0.25) is 0 Å². The van der Waals surface area contributed by atoms with Crippen LogP contribution in [0.15, 0.2) is 28.7 Å². The van der Waals surface area contributed by atoms with E-state index in [1.54, 1.807) is 13.0 Å². The van der Waals surface area contributed by atoms with Crippen molar-refractivity contribution in [1.29, 1.82) is 0 Å². The Kier molecular flexibility index (Phi) is 6.03. The minimum absolute atomic E-state index is 0.518. The Balaban J connectivity index is 2.73. The van der Waals surface area contributed by atoms with E-state index in [-0.39, 0.29) is 0 Å². The van der Waals surface area contributed by atoms with E-state index in [4.69, 9.17) is 9.84 Å². The lowest BCUT2D eigenvalue weighted by molar-refractivity contribution is -0.131. The van der Waals surface area contributed by atoms with Crippen molar-refractivity contribution in [2.45, 2.75) is 13.3 Å². The summed E-state index contributed by atoms with van der Waals surface area (Å²) in [5, 5.41) is 8.59. The van der Waals surface area contributed by atoms with Crippen molar-refractivity contribution in [2.24, 2.45) is 0 Å². The minimum Gasteiger partial charge on any atom is -0.493 e. The van der Waals surface area contributed by atoms with Crippen molar-refractivity contribution in [2.75, 3.05) is 6.61 Å². The third kappa shape index (κ3) is 5.07. The molecule has 0 aliphatic heterocycles. The first-order valence-corrected chi connectivity index (χ1v) is 6.15. The van der Waals surface area contributed by atoms with E-state index >= 15 is 0 Å². The highest BCUT2D eigenvalue weighted by atomic mass is 79.9. The first-order chi connectivity index (χ1) is 8.63. The van der Waals surface area contributed by atoms with Crippen LogP contribution in [0.1, 0.15) is 18.9 Å². The molecule has 0 aliphatic carbocycles. The Morgan fingerprint density at radius 3 is 3.00 bits per heavy atom. The molecule has 4 heteroatoms. The number of halogens is 1. The standard InChI is InChI=1S/C14H13BrO3/c1-2-3-4-9-18-12-6-7-13(15)11(10-12)5-8-14(16)17/h5-8,10H,4,9H2,1H3,(H,16,17)/b8-5+. The van der Waals surface area contributed by atoms with Crippen molar-refractivity contribution in [3.63, 3.8) is 0 Å². The Morgan fingerprint density at radius 1 is 1.56 bits per heavy atom. The highest BCUT2D eigenvalue weighted by Crippen LogP contribution is 2.23. The average molecular weight is 309 g/mol. The van der Waals surface area contributed by atoms with E-state index in [2.05, 4.69) is 27.8 Å². The molecule has 0 aromatic heterocycles. The molecule has 0 radical (unpaired) electrons. The van der Waals surface area contributed by atoms with Crippen molar-refractivity contribution >= 4 is 28.0 Å². The predicted molar refractivity (Wildman–Crippen MR) is 74.4 cm³/mol. The molecule has 0 amide bonds. The maximum absolute atomic E-state index is 10.5. The smallest absolute Gasteiger partial charge is 0.328 e. The summed E-state index contributed by atoms with van der Waals surface area (Å²) in [5.41, 5.74) is 0.761. The van der Waals surface area contributed by atoms with Gasteiger partial charge in [-0.05, 0) is 36.8 Å². The number of hydrogen-bond acceptors (Lipinski definition) is 2. The molecule has 94 valence electrons. The molecule has 1 aromatic carbocycles. The van der Waals surface area contributed by atoms with E-state index in [1.165, 1.54) is 6.08 Å². The summed E-state index contributed by atoms with van der Waals surface area (Å²) >= 11 is 3.35. The van der Waals surface area contributed by atoms with Gasteiger partial charge in [-0.25, -0.2) is 4.79 Å². The number of carbonyl (C=O) groups is 1. The van der Waals surface area contributed by atoms with Gasteiger partial charge in [0.1, 0.15) is 5.75 Å². The van der Waals surface area contributed by atoms with Gasteiger partial charge >= 0.3 is 5.97 Å². The SMILES string of the molecule is CC#CCCOc1ccc(Br)c(/C=C/C(=O)O)c1. The first-order valence-electron chi connectivity index (χ1n) is 5.36. The van der Waals surface area contributed by atoms with Crippen molar-refractivity contribution in [1.82, 2.24) is 0 Å². The number of ether oxygens (including phenoxy) is 1. The predicted octanol–water partition coefficient (Wildman–Crippen LogP) is 3.34. The quantitative estimate of drug-likeness (QED) is 0.515. The van der Waals surface area contributed by atoms with Gasteiger partial charge in [0.05, 0.1) is 6.61 Å². The molecule has 0 fully saturated rings. The maximum atomic E-state index is 10.5. The van der Waals surface area contributed by atoms with Crippen molar-refractivity contribution < 1.29 is 14.6 Å². The average Bonchev–Trinajstić information content (AvgIpc) is 2.34. The van der Waals surface area contributed by atoms with Gasteiger partial charge in [0.25, 0.3) is 0 Å². The van der Waals surface area contributed by atoms with Crippen LogP contribution >= 0.6 is 15.9 Å². The highest BCUT2D eigenvalue weighted by Gasteiger charge is 2.00. The molecule has 1 aromatic rings. The zero-order valence-electron chi connectivity index (χ0n) is 9.94. The molecule has 0 bridgehead atoms. The van der Waals surface area contributed by atoms with Crippen LogP contribution in [-0.4, -0.2) is 17.7 Å². The van der Waals surface area contributed by atoms with Crippen molar-refractivity contribution in [3.8, 4) is 17.6 Å². The Hall–Kier alpha value is -1.73. The van der Waals surface area contributed by atoms with Crippen LogP contribution in [0.25, 0.3) is 6.08 Å². The summed E-state index contributed by atoms with van der Waals surface area (Å²) in [6.07, 6.45) is 3.28. The summed E-state index contributed by atoms with van der Waals surface area (Å²) in [6, 6.07) is 5.42. The molecular weight excluding hydrogens is 296 g/mol. The molecular formula is C14H13BrO3. The van der Waals surface area contributed by atoms with Crippen LogP contribution in [0.2, 0.25) is 0 Å². The minimum atomic E-state index is -0.980. The fourth-order valence-corrected chi connectivity index (χ4v) is 1.62. The van der Waals surface area contributed by atoms with Gasteiger partial charge in [0.2, 0.25) is 0 Å². The van der Waals surface area contributed by atoms with Crippen LogP contribution in [0, 0.1) is 11.8 Å². The fourth-order valence-electron chi connectivity index (χ4n) is 1.25. The molecule has 3 nitrogen and oxygen atoms in total. The van der Waals surface area contributed by atoms with Crippen LogP contribution < -0.4 is 4.74 Å². The fraction of sp³-hybridized carbons (Fsp3) is 0.214. The molecule has 18 heavy (non-hydrogen) atoms. The molecule has 0 spiro atoms. The number of benzene rings is 1. The normalized spacial score (nSPS) is 9.89. The topological polar surface area (TPSA) is 46.5 Å². The third-order valence-corrected chi connectivity index (χ3v) is 2.77. The molecule has 0 saturated carbocycles. The van der Waals surface area contributed by atoms with Crippen LogP contribution in [-0.2, 0) is 4.79 Å². The van der Waals surface area contributed by atoms with Gasteiger partial charge in [0.15, 0.2) is 0 Å². The van der Waals surface area contributed by atoms with Gasteiger partial charge in [0, 0.05) is 17.0 Å². The molecule has 0 heterocycles. The number of rotatable bonds is 5. The molecule has 1 N–H and O–H groups in total. The van der Waals surface area contributed by atoms with Crippen molar-refractivity contribution in [3.05, 3.63) is 34.3 Å². The summed E-state index contributed by atoms with van der Waals surface area (Å²) < 4.78 is 6.33. The Labute approximate surface area is 115 Å². The molecule has 1 rings (SSSR count). The van der Waals surface area contributed by atoms with E-state index in [0.717, 1.165) is 16.1 Å². The van der Waals surface area contributed by atoms with E-state index in [1.807, 2.05) is 12.1 Å². The largest absolute Gasteiger partial charge is 0.493 e. The Bertz CT molecular complexity index is 510. The summed E-state index contributed by atoms with van der Waals surface area (Å²) in [5.74, 6) is 5.42. The maximum Gasteiger partial charge on any atom is 0.328 e. The Morgan fingerprint density at radius 2 is 2.33 bits per heavy atom. The monoisotopic (exact) mass is 308 g/mol. The highest BCUT2D eigenvalue weighted by molar-refractivity contribution is 9.10. The van der Waals surface area contributed by atoms with Crippen LogP contribution in [0.5, 0.6) is 5.75 Å². The molecule has 0 atom stereocenters. The van der Waals surface area contributed by atoms with E-state index < -0.39 is 5.97 Å². The first kappa shape index (κ1) is 14.3. The lowest BCUT2D eigenvalue weighted by Gasteiger charge is -2.06. The number of carboxylic acid groups (broad SMARTS) is 1. The second-order valence-corrected chi connectivity index (χ2v) is 4.23. The number of hydrogen-bond donors (Lipinski definition) is 1. The summed E-state index contributed by atoms with van der Waals surface area (Å²) in [7, 11) is 0. The van der Waals surface area contributed by atoms with Gasteiger partial charge in [-0.1, -0.05) is 15.9 Å². The van der Waals surface area contributed by atoms with E-state index in [9.17, 15) is 4.79 Å². The molecule has 0 aliphatic rings. The zero-order valence-corrected chi connectivity index (χ0v) is 11.5. The lowest BCUT2D eigenvalue weighted by Crippen LogP contribution is -1.96. The van der Waals surface area contributed by atoms with Gasteiger partial charge < -0.3 is 9.84 Å². The van der Waals surface area contributed by atoms with Crippen LogP contribution in [0.4, 0.5) is 0 Å². The number of aliphatic carboxylic acids is 1. The van der Waals surface area contributed by atoms with Gasteiger partial charge in [-0.2, -0.15) is 0 Å². The van der Waals surface area contributed by atoms with Gasteiger partial charge in [-0.15, -0.1) is 11.8 Å². The summed E-state index contributed by atoms with van der Waals surface area (Å²) in [4.78, 5) is 10.5.